The van der Waals surface area contributed by atoms with Gasteiger partial charge in [0.05, 0.1) is 27.9 Å². The fraction of sp³-hybridized carbons (Fsp3) is 0.172. The first-order valence-corrected chi connectivity index (χ1v) is 12.4. The number of rotatable bonds is 3. The standard InChI is InChI=1S/C29H24ClNOS/c1-16(2)19-13-24-27(25(30)14-19)31(21-8-7-18-6-5-17(3)11-20(18)12-21)28-23-10-9-22(32-4)15-26(23)33-29(24)28/h5-16H,1-4H3. The summed E-state index contributed by atoms with van der Waals surface area (Å²) in [6, 6.07) is 24.1. The van der Waals surface area contributed by atoms with Crippen molar-refractivity contribution in [1.29, 1.82) is 0 Å². The van der Waals surface area contributed by atoms with Crippen LogP contribution in [0.1, 0.15) is 30.9 Å². The van der Waals surface area contributed by atoms with Crippen molar-refractivity contribution < 1.29 is 4.74 Å². The minimum atomic E-state index is 0.406. The van der Waals surface area contributed by atoms with Gasteiger partial charge in [-0.05, 0) is 71.6 Å². The lowest BCUT2D eigenvalue weighted by Crippen LogP contribution is -1.96. The first-order valence-electron chi connectivity index (χ1n) is 11.2. The van der Waals surface area contributed by atoms with Gasteiger partial charge in [-0.2, -0.15) is 0 Å². The van der Waals surface area contributed by atoms with Gasteiger partial charge in [-0.3, -0.25) is 0 Å². The lowest BCUT2D eigenvalue weighted by Gasteiger charge is -2.13. The molecule has 0 atom stereocenters. The van der Waals surface area contributed by atoms with Crippen LogP contribution in [0.15, 0.2) is 66.7 Å². The zero-order valence-corrected chi connectivity index (χ0v) is 20.6. The number of aryl methyl sites for hydroxylation is 1. The maximum Gasteiger partial charge on any atom is 0.120 e. The van der Waals surface area contributed by atoms with Gasteiger partial charge in [-0.1, -0.05) is 55.3 Å². The summed E-state index contributed by atoms with van der Waals surface area (Å²) >= 11 is 8.81. The largest absolute Gasteiger partial charge is 0.497 e. The summed E-state index contributed by atoms with van der Waals surface area (Å²) in [5, 5.41) is 5.71. The van der Waals surface area contributed by atoms with Crippen molar-refractivity contribution in [3.63, 3.8) is 0 Å². The Labute approximate surface area is 202 Å². The SMILES string of the molecule is COc1ccc2c(c1)sc1c3cc(C(C)C)cc(Cl)c3n(-c3ccc4ccc(C)cc4c3)c21. The predicted molar refractivity (Wildman–Crippen MR) is 144 cm³/mol. The molecule has 0 aliphatic heterocycles. The minimum absolute atomic E-state index is 0.406. The molecule has 0 radical (unpaired) electrons. The smallest absolute Gasteiger partial charge is 0.120 e. The molecule has 0 aliphatic carbocycles. The Bertz CT molecular complexity index is 1710. The van der Waals surface area contributed by atoms with E-state index in [0.29, 0.717) is 5.92 Å². The van der Waals surface area contributed by atoms with Crippen molar-refractivity contribution in [2.24, 2.45) is 0 Å². The molecule has 4 heteroatoms. The van der Waals surface area contributed by atoms with E-state index < -0.39 is 0 Å². The lowest BCUT2D eigenvalue weighted by molar-refractivity contribution is 0.415. The van der Waals surface area contributed by atoms with Crippen LogP contribution in [0.3, 0.4) is 0 Å². The van der Waals surface area contributed by atoms with Crippen LogP contribution in [0.5, 0.6) is 5.75 Å². The van der Waals surface area contributed by atoms with Crippen LogP contribution in [0.4, 0.5) is 0 Å². The van der Waals surface area contributed by atoms with Crippen LogP contribution in [-0.4, -0.2) is 11.7 Å². The van der Waals surface area contributed by atoms with E-state index in [-0.39, 0.29) is 0 Å². The molecule has 4 aromatic carbocycles. The maximum absolute atomic E-state index is 7.00. The van der Waals surface area contributed by atoms with Crippen molar-refractivity contribution in [2.45, 2.75) is 26.7 Å². The Kier molecular flexibility index (Phi) is 4.69. The third kappa shape index (κ3) is 3.14. The number of nitrogens with zero attached hydrogens (tertiary/aromatic N) is 1. The predicted octanol–water partition coefficient (Wildman–Crippen LogP) is 9.25. The molecule has 0 bridgehead atoms. The number of thiophene rings is 1. The van der Waals surface area contributed by atoms with Crippen molar-refractivity contribution in [3.05, 3.63) is 82.9 Å². The highest BCUT2D eigenvalue weighted by atomic mass is 35.5. The molecule has 0 saturated heterocycles. The molecule has 0 fully saturated rings. The fourth-order valence-corrected chi connectivity index (χ4v) is 6.36. The molecular weight excluding hydrogens is 446 g/mol. The van der Waals surface area contributed by atoms with Crippen LogP contribution in [0.25, 0.3) is 47.7 Å². The summed E-state index contributed by atoms with van der Waals surface area (Å²) in [5.41, 5.74) is 5.93. The monoisotopic (exact) mass is 469 g/mol. The Hall–Kier alpha value is -3.01. The zero-order chi connectivity index (χ0) is 22.9. The fourth-order valence-electron chi connectivity index (χ4n) is 4.81. The van der Waals surface area contributed by atoms with Crippen molar-refractivity contribution >= 4 is 64.9 Å². The normalized spacial score (nSPS) is 12.1. The number of halogens is 1. The van der Waals surface area contributed by atoms with Gasteiger partial charge in [-0.25, -0.2) is 0 Å². The van der Waals surface area contributed by atoms with E-state index in [1.54, 1.807) is 7.11 Å². The van der Waals surface area contributed by atoms with E-state index in [0.717, 1.165) is 22.0 Å². The van der Waals surface area contributed by atoms with E-state index in [1.165, 1.54) is 47.6 Å². The maximum atomic E-state index is 7.00. The van der Waals surface area contributed by atoms with Crippen LogP contribution >= 0.6 is 22.9 Å². The Morgan fingerprint density at radius 3 is 2.45 bits per heavy atom. The molecule has 6 rings (SSSR count). The van der Waals surface area contributed by atoms with Crippen molar-refractivity contribution in [1.82, 2.24) is 4.57 Å². The second kappa shape index (κ2) is 7.51. The number of ether oxygens (including phenoxy) is 1. The van der Waals surface area contributed by atoms with E-state index in [1.807, 2.05) is 17.4 Å². The average Bonchev–Trinajstić information content (AvgIpc) is 3.33. The summed E-state index contributed by atoms with van der Waals surface area (Å²) < 4.78 is 10.3. The first kappa shape index (κ1) is 20.6. The molecule has 164 valence electrons. The first-order chi connectivity index (χ1) is 15.9. The molecule has 33 heavy (non-hydrogen) atoms. The molecule has 0 unspecified atom stereocenters. The number of hydrogen-bond donors (Lipinski definition) is 0. The third-order valence-corrected chi connectivity index (χ3v) is 8.02. The zero-order valence-electron chi connectivity index (χ0n) is 19.1. The lowest BCUT2D eigenvalue weighted by atomic mass is 10.0. The highest BCUT2D eigenvalue weighted by Crippen LogP contribution is 2.46. The van der Waals surface area contributed by atoms with Crippen LogP contribution in [-0.2, 0) is 0 Å². The Balaban J connectivity index is 1.78. The summed E-state index contributed by atoms with van der Waals surface area (Å²) in [5.74, 6) is 1.28. The van der Waals surface area contributed by atoms with E-state index in [2.05, 4.69) is 86.0 Å². The molecular formula is C29H24ClNOS. The van der Waals surface area contributed by atoms with Gasteiger partial charge in [0, 0.05) is 21.2 Å². The minimum Gasteiger partial charge on any atom is -0.497 e. The van der Waals surface area contributed by atoms with Gasteiger partial charge < -0.3 is 9.30 Å². The molecule has 2 heterocycles. The number of hydrogen-bond acceptors (Lipinski definition) is 2. The Morgan fingerprint density at radius 1 is 0.848 bits per heavy atom. The molecule has 0 aliphatic rings. The molecule has 0 N–H and O–H groups in total. The van der Waals surface area contributed by atoms with Crippen LogP contribution in [0, 0.1) is 6.92 Å². The van der Waals surface area contributed by atoms with Crippen LogP contribution in [0.2, 0.25) is 5.02 Å². The molecule has 2 aromatic heterocycles. The quantitative estimate of drug-likeness (QED) is 0.252. The highest BCUT2D eigenvalue weighted by Gasteiger charge is 2.21. The van der Waals surface area contributed by atoms with Gasteiger partial charge in [0.2, 0.25) is 0 Å². The van der Waals surface area contributed by atoms with Crippen molar-refractivity contribution in [2.75, 3.05) is 7.11 Å². The number of fused-ring (bicyclic) bond motifs is 6. The Morgan fingerprint density at radius 2 is 1.67 bits per heavy atom. The second-order valence-corrected chi connectivity index (χ2v) is 10.5. The van der Waals surface area contributed by atoms with E-state index in [9.17, 15) is 0 Å². The molecule has 0 spiro atoms. The van der Waals surface area contributed by atoms with E-state index in [4.69, 9.17) is 16.3 Å². The topological polar surface area (TPSA) is 14.2 Å². The number of methoxy groups -OCH3 is 1. The third-order valence-electron chi connectivity index (χ3n) is 6.55. The number of aromatic nitrogens is 1. The van der Waals surface area contributed by atoms with Crippen molar-refractivity contribution in [3.8, 4) is 11.4 Å². The summed E-state index contributed by atoms with van der Waals surface area (Å²) in [6.45, 7) is 6.57. The van der Waals surface area contributed by atoms with Crippen LogP contribution < -0.4 is 4.74 Å². The van der Waals surface area contributed by atoms with Gasteiger partial charge in [-0.15, -0.1) is 11.3 Å². The second-order valence-electron chi connectivity index (χ2n) is 9.07. The molecule has 2 nitrogen and oxygen atoms in total. The summed E-state index contributed by atoms with van der Waals surface area (Å²) in [6.07, 6.45) is 0. The molecule has 0 saturated carbocycles. The highest BCUT2D eigenvalue weighted by molar-refractivity contribution is 7.26. The molecule has 6 aromatic rings. The van der Waals surface area contributed by atoms with E-state index >= 15 is 0 Å². The summed E-state index contributed by atoms with van der Waals surface area (Å²) in [4.78, 5) is 0. The van der Waals surface area contributed by atoms with Gasteiger partial charge >= 0.3 is 0 Å². The van der Waals surface area contributed by atoms with Gasteiger partial charge in [0.25, 0.3) is 0 Å². The average molecular weight is 470 g/mol. The summed E-state index contributed by atoms with van der Waals surface area (Å²) in [7, 11) is 1.72. The van der Waals surface area contributed by atoms with Gasteiger partial charge in [0.1, 0.15) is 5.75 Å². The van der Waals surface area contributed by atoms with Gasteiger partial charge in [0.15, 0.2) is 0 Å². The molecule has 0 amide bonds. The number of benzene rings is 4.